The van der Waals surface area contributed by atoms with Gasteiger partial charge in [0.05, 0.1) is 12.4 Å². The summed E-state index contributed by atoms with van der Waals surface area (Å²) in [7, 11) is 0. The molecule has 0 unspecified atom stereocenters. The van der Waals surface area contributed by atoms with Crippen LogP contribution in [0.2, 0.25) is 0 Å². The number of nitrogens with one attached hydrogen (secondary N) is 1. The number of rotatable bonds is 5. The molecule has 14 heavy (non-hydrogen) atoms. The van der Waals surface area contributed by atoms with E-state index in [2.05, 4.69) is 15.3 Å². The van der Waals surface area contributed by atoms with E-state index in [1.807, 2.05) is 0 Å². The van der Waals surface area contributed by atoms with Gasteiger partial charge in [-0.2, -0.15) is 0 Å². The summed E-state index contributed by atoms with van der Waals surface area (Å²) in [6.45, 7) is 0.981. The van der Waals surface area contributed by atoms with Crippen LogP contribution in [0, 0.1) is 5.92 Å². The molecule has 1 fully saturated rings. The maximum atomic E-state index is 5.43. The first-order chi connectivity index (χ1) is 6.84. The molecule has 0 amide bonds. The maximum Gasteiger partial charge on any atom is 0.144 e. The summed E-state index contributed by atoms with van der Waals surface area (Å²) in [5, 5.41) is 3.23. The lowest BCUT2D eigenvalue weighted by Crippen LogP contribution is -2.04. The van der Waals surface area contributed by atoms with E-state index >= 15 is 0 Å². The summed E-state index contributed by atoms with van der Waals surface area (Å²) in [6.07, 6.45) is 8.67. The average Bonchev–Trinajstić information content (AvgIpc) is 2.99. The summed E-state index contributed by atoms with van der Waals surface area (Å²) < 4.78 is 0. The zero-order chi connectivity index (χ0) is 9.80. The minimum absolute atomic E-state index is 0.466. The monoisotopic (exact) mass is 192 g/mol. The second-order valence-electron chi connectivity index (χ2n) is 3.84. The van der Waals surface area contributed by atoms with Gasteiger partial charge >= 0.3 is 0 Å². The molecule has 0 spiro atoms. The van der Waals surface area contributed by atoms with Gasteiger partial charge in [0.2, 0.25) is 0 Å². The molecular formula is C10H16N4. The fourth-order valence-electron chi connectivity index (χ4n) is 1.44. The van der Waals surface area contributed by atoms with Crippen molar-refractivity contribution >= 4 is 11.6 Å². The number of nitrogens with zero attached hydrogens (tertiary/aromatic N) is 2. The fourth-order valence-corrected chi connectivity index (χ4v) is 1.44. The first-order valence-corrected chi connectivity index (χ1v) is 5.16. The standard InChI is InChI=1S/C10H16N4/c11-9-6-14-10(7-13-9)12-5-1-2-8-3-4-8/h6-8H,1-5H2,(H2,11,13)(H,12,14). The molecule has 4 heteroatoms. The van der Waals surface area contributed by atoms with Crippen molar-refractivity contribution in [1.82, 2.24) is 9.97 Å². The quantitative estimate of drug-likeness (QED) is 0.696. The van der Waals surface area contributed by atoms with Crippen LogP contribution < -0.4 is 11.1 Å². The molecule has 0 bridgehead atoms. The van der Waals surface area contributed by atoms with Crippen LogP contribution in [0.4, 0.5) is 11.6 Å². The Labute approximate surface area is 83.9 Å². The Kier molecular flexibility index (Phi) is 2.81. The Morgan fingerprint density at radius 1 is 1.36 bits per heavy atom. The lowest BCUT2D eigenvalue weighted by atomic mass is 10.2. The maximum absolute atomic E-state index is 5.43. The molecule has 1 aromatic rings. The molecular weight excluding hydrogens is 176 g/mol. The number of nitrogens with two attached hydrogens (primary N) is 1. The minimum Gasteiger partial charge on any atom is -0.382 e. The van der Waals surface area contributed by atoms with Gasteiger partial charge < -0.3 is 11.1 Å². The van der Waals surface area contributed by atoms with Crippen molar-refractivity contribution in [1.29, 1.82) is 0 Å². The number of anilines is 2. The van der Waals surface area contributed by atoms with Crippen LogP contribution in [0.3, 0.4) is 0 Å². The summed E-state index contributed by atoms with van der Waals surface area (Å²) in [5.41, 5.74) is 5.43. The summed E-state index contributed by atoms with van der Waals surface area (Å²) in [5.74, 6) is 2.29. The zero-order valence-electron chi connectivity index (χ0n) is 8.24. The van der Waals surface area contributed by atoms with Gasteiger partial charge in [-0.1, -0.05) is 12.8 Å². The van der Waals surface area contributed by atoms with Crippen LogP contribution >= 0.6 is 0 Å². The van der Waals surface area contributed by atoms with Gasteiger partial charge in [-0.3, -0.25) is 0 Å². The number of hydrogen-bond donors (Lipinski definition) is 2. The van der Waals surface area contributed by atoms with Gasteiger partial charge in [0.15, 0.2) is 0 Å². The zero-order valence-corrected chi connectivity index (χ0v) is 8.24. The van der Waals surface area contributed by atoms with E-state index in [-0.39, 0.29) is 0 Å². The molecule has 1 aliphatic rings. The van der Waals surface area contributed by atoms with Crippen LogP contribution in [-0.2, 0) is 0 Å². The van der Waals surface area contributed by atoms with E-state index in [0.29, 0.717) is 5.82 Å². The highest BCUT2D eigenvalue weighted by Crippen LogP contribution is 2.33. The Balaban J connectivity index is 1.66. The van der Waals surface area contributed by atoms with Gasteiger partial charge in [0.25, 0.3) is 0 Å². The molecule has 1 aromatic heterocycles. The molecule has 1 saturated carbocycles. The van der Waals surface area contributed by atoms with Crippen molar-refractivity contribution in [2.24, 2.45) is 5.92 Å². The van der Waals surface area contributed by atoms with E-state index in [9.17, 15) is 0 Å². The molecule has 1 heterocycles. The largest absolute Gasteiger partial charge is 0.382 e. The van der Waals surface area contributed by atoms with Crippen molar-refractivity contribution < 1.29 is 0 Å². The molecule has 0 aromatic carbocycles. The van der Waals surface area contributed by atoms with E-state index < -0.39 is 0 Å². The predicted molar refractivity (Wildman–Crippen MR) is 56.9 cm³/mol. The van der Waals surface area contributed by atoms with Crippen LogP contribution in [0.15, 0.2) is 12.4 Å². The molecule has 0 atom stereocenters. The van der Waals surface area contributed by atoms with Crippen LogP contribution in [0.25, 0.3) is 0 Å². The molecule has 2 rings (SSSR count). The van der Waals surface area contributed by atoms with Crippen molar-refractivity contribution in [2.75, 3.05) is 17.6 Å². The van der Waals surface area contributed by atoms with E-state index in [1.165, 1.54) is 25.7 Å². The molecule has 0 radical (unpaired) electrons. The highest BCUT2D eigenvalue weighted by Gasteiger charge is 2.19. The SMILES string of the molecule is Nc1cnc(NCCCC2CC2)cn1. The van der Waals surface area contributed by atoms with Crippen molar-refractivity contribution in [2.45, 2.75) is 25.7 Å². The smallest absolute Gasteiger partial charge is 0.144 e. The number of aromatic nitrogens is 2. The summed E-state index contributed by atoms with van der Waals surface area (Å²) in [4.78, 5) is 8.07. The van der Waals surface area contributed by atoms with E-state index in [4.69, 9.17) is 5.73 Å². The normalized spacial score (nSPS) is 15.4. The first kappa shape index (κ1) is 9.24. The van der Waals surface area contributed by atoms with Gasteiger partial charge in [-0.15, -0.1) is 0 Å². The average molecular weight is 192 g/mol. The molecule has 1 aliphatic carbocycles. The van der Waals surface area contributed by atoms with Crippen molar-refractivity contribution in [3.8, 4) is 0 Å². The van der Waals surface area contributed by atoms with Crippen molar-refractivity contribution in [3.05, 3.63) is 12.4 Å². The Hall–Kier alpha value is -1.32. The number of nitrogen functional groups attached to an aromatic ring is 1. The third-order valence-corrected chi connectivity index (χ3v) is 2.46. The lowest BCUT2D eigenvalue weighted by Gasteiger charge is -2.04. The van der Waals surface area contributed by atoms with E-state index in [1.54, 1.807) is 12.4 Å². The Morgan fingerprint density at radius 2 is 2.21 bits per heavy atom. The molecule has 4 nitrogen and oxygen atoms in total. The second-order valence-corrected chi connectivity index (χ2v) is 3.84. The number of hydrogen-bond acceptors (Lipinski definition) is 4. The predicted octanol–water partition coefficient (Wildman–Crippen LogP) is 1.66. The third-order valence-electron chi connectivity index (χ3n) is 2.46. The van der Waals surface area contributed by atoms with Crippen LogP contribution in [0.5, 0.6) is 0 Å². The van der Waals surface area contributed by atoms with Crippen molar-refractivity contribution in [3.63, 3.8) is 0 Å². The summed E-state index contributed by atoms with van der Waals surface area (Å²) in [6, 6.07) is 0. The van der Waals surface area contributed by atoms with Crippen LogP contribution in [0.1, 0.15) is 25.7 Å². The fraction of sp³-hybridized carbons (Fsp3) is 0.600. The van der Waals surface area contributed by atoms with Gasteiger partial charge in [-0.25, -0.2) is 9.97 Å². The lowest BCUT2D eigenvalue weighted by molar-refractivity contribution is 0.686. The molecule has 0 aliphatic heterocycles. The molecule has 76 valence electrons. The molecule has 0 saturated heterocycles. The second kappa shape index (κ2) is 4.26. The topological polar surface area (TPSA) is 63.8 Å². The Bertz CT molecular complexity index is 279. The molecule has 3 N–H and O–H groups in total. The Morgan fingerprint density at radius 3 is 2.86 bits per heavy atom. The van der Waals surface area contributed by atoms with Gasteiger partial charge in [-0.05, 0) is 18.8 Å². The minimum atomic E-state index is 0.466. The van der Waals surface area contributed by atoms with E-state index in [0.717, 1.165) is 18.3 Å². The third kappa shape index (κ3) is 2.87. The first-order valence-electron chi connectivity index (χ1n) is 5.16. The van der Waals surface area contributed by atoms with Crippen LogP contribution in [-0.4, -0.2) is 16.5 Å². The van der Waals surface area contributed by atoms with Gasteiger partial charge in [0.1, 0.15) is 11.6 Å². The highest BCUT2D eigenvalue weighted by atomic mass is 15.0. The summed E-state index contributed by atoms with van der Waals surface area (Å²) >= 11 is 0. The van der Waals surface area contributed by atoms with Gasteiger partial charge in [0, 0.05) is 6.54 Å². The highest BCUT2D eigenvalue weighted by molar-refractivity contribution is 5.35.